The highest BCUT2D eigenvalue weighted by atomic mass is 127. The second-order valence-electron chi connectivity index (χ2n) is 2.01. The Labute approximate surface area is 72.8 Å². The van der Waals surface area contributed by atoms with Crippen molar-refractivity contribution in [2.75, 3.05) is 0 Å². The summed E-state index contributed by atoms with van der Waals surface area (Å²) in [4.78, 5) is 3.86. The van der Waals surface area contributed by atoms with Crippen LogP contribution in [0.4, 0.5) is 4.39 Å². The van der Waals surface area contributed by atoms with E-state index >= 15 is 0 Å². The third-order valence-electron chi connectivity index (χ3n) is 1.15. The van der Waals surface area contributed by atoms with Crippen molar-refractivity contribution in [1.82, 2.24) is 4.98 Å². The topological polar surface area (TPSA) is 12.9 Å². The molecule has 10 heavy (non-hydrogen) atoms. The highest BCUT2D eigenvalue weighted by molar-refractivity contribution is 14.1. The second-order valence-corrected chi connectivity index (χ2v) is 3.26. The lowest BCUT2D eigenvalue weighted by Gasteiger charge is -1.99. The minimum atomic E-state index is -0.963. The maximum Gasteiger partial charge on any atom is 0.139 e. The van der Waals surface area contributed by atoms with Gasteiger partial charge in [-0.1, -0.05) is 0 Å². The van der Waals surface area contributed by atoms with Crippen LogP contribution in [0.15, 0.2) is 18.3 Å². The summed E-state index contributed by atoms with van der Waals surface area (Å²) < 4.78 is 13.6. The van der Waals surface area contributed by atoms with Crippen molar-refractivity contribution in [3.8, 4) is 0 Å². The predicted molar refractivity (Wildman–Crippen MR) is 46.5 cm³/mol. The molecule has 0 bridgehead atoms. The molecule has 0 aliphatic heterocycles. The summed E-state index contributed by atoms with van der Waals surface area (Å²) in [6.45, 7) is 1.48. The lowest BCUT2D eigenvalue weighted by atomic mass is 10.3. The molecule has 1 rings (SSSR count). The number of hydrogen-bond acceptors (Lipinski definition) is 1. The van der Waals surface area contributed by atoms with Crippen LogP contribution in [0.2, 0.25) is 0 Å². The zero-order valence-corrected chi connectivity index (χ0v) is 7.67. The fraction of sp³-hybridized carbons (Fsp3) is 0.286. The van der Waals surface area contributed by atoms with Crippen LogP contribution >= 0.6 is 22.6 Å². The van der Waals surface area contributed by atoms with Gasteiger partial charge in [-0.25, -0.2) is 4.39 Å². The number of aromatic nitrogens is 1. The summed E-state index contributed by atoms with van der Waals surface area (Å²) in [7, 11) is 0. The van der Waals surface area contributed by atoms with Gasteiger partial charge < -0.3 is 0 Å². The molecule has 1 nitrogen and oxygen atoms in total. The number of halogens is 2. The minimum absolute atomic E-state index is 0.506. The van der Waals surface area contributed by atoms with Crippen molar-refractivity contribution in [1.29, 1.82) is 0 Å². The molecule has 0 N–H and O–H groups in total. The summed E-state index contributed by atoms with van der Waals surface area (Å²) in [5.41, 5.74) is 0.506. The molecular formula is C7H7FIN. The molecule has 0 amide bonds. The summed E-state index contributed by atoms with van der Waals surface area (Å²) in [6.07, 6.45) is 0.655. The van der Waals surface area contributed by atoms with Gasteiger partial charge in [-0.05, 0) is 41.6 Å². The van der Waals surface area contributed by atoms with E-state index in [0.29, 0.717) is 5.69 Å². The van der Waals surface area contributed by atoms with Gasteiger partial charge in [0, 0.05) is 9.77 Å². The molecule has 0 fully saturated rings. The number of alkyl halides is 1. The second kappa shape index (κ2) is 3.27. The summed E-state index contributed by atoms with van der Waals surface area (Å²) in [5.74, 6) is 0. The Bertz CT molecular complexity index is 225. The molecular weight excluding hydrogens is 244 g/mol. The first kappa shape index (κ1) is 7.91. The Kier molecular flexibility index (Phi) is 2.59. The normalized spacial score (nSPS) is 13.1. The predicted octanol–water partition coefficient (Wildman–Crippen LogP) is 2.72. The van der Waals surface area contributed by atoms with E-state index < -0.39 is 6.17 Å². The number of nitrogens with zero attached hydrogens (tertiary/aromatic N) is 1. The smallest absolute Gasteiger partial charge is 0.139 e. The van der Waals surface area contributed by atoms with Gasteiger partial charge in [0.25, 0.3) is 0 Å². The van der Waals surface area contributed by atoms with Crippen LogP contribution in [0, 0.1) is 3.57 Å². The molecule has 0 saturated heterocycles. The van der Waals surface area contributed by atoms with Crippen molar-refractivity contribution in [2.24, 2.45) is 0 Å². The summed E-state index contributed by atoms with van der Waals surface area (Å²) in [5, 5.41) is 0. The lowest BCUT2D eigenvalue weighted by molar-refractivity contribution is 0.365. The third kappa shape index (κ3) is 1.90. The van der Waals surface area contributed by atoms with Gasteiger partial charge in [-0.15, -0.1) is 0 Å². The van der Waals surface area contributed by atoms with Gasteiger partial charge >= 0.3 is 0 Å². The largest absolute Gasteiger partial charge is 0.258 e. The van der Waals surface area contributed by atoms with Crippen LogP contribution in [0.1, 0.15) is 18.8 Å². The van der Waals surface area contributed by atoms with E-state index in [9.17, 15) is 4.39 Å². The molecule has 1 unspecified atom stereocenters. The fourth-order valence-corrected chi connectivity index (χ4v) is 1.12. The van der Waals surface area contributed by atoms with E-state index in [0.717, 1.165) is 3.57 Å². The van der Waals surface area contributed by atoms with Crippen LogP contribution in [-0.2, 0) is 0 Å². The highest BCUT2D eigenvalue weighted by Gasteiger charge is 2.02. The Morgan fingerprint density at radius 1 is 1.70 bits per heavy atom. The Hall–Kier alpha value is -0.190. The van der Waals surface area contributed by atoms with Gasteiger partial charge in [-0.3, -0.25) is 4.98 Å². The molecule has 1 heterocycles. The zero-order valence-electron chi connectivity index (χ0n) is 5.51. The van der Waals surface area contributed by atoms with E-state index in [4.69, 9.17) is 0 Å². The average molecular weight is 251 g/mol. The van der Waals surface area contributed by atoms with Crippen molar-refractivity contribution in [3.05, 3.63) is 27.6 Å². The quantitative estimate of drug-likeness (QED) is 0.699. The van der Waals surface area contributed by atoms with Crippen molar-refractivity contribution < 1.29 is 4.39 Å². The van der Waals surface area contributed by atoms with Crippen LogP contribution in [0.25, 0.3) is 0 Å². The molecule has 0 aromatic carbocycles. The van der Waals surface area contributed by atoms with E-state index in [1.54, 1.807) is 12.3 Å². The molecule has 0 spiro atoms. The van der Waals surface area contributed by atoms with Gasteiger partial charge in [0.2, 0.25) is 0 Å². The average Bonchev–Trinajstić information content (AvgIpc) is 1.88. The Balaban J connectivity index is 2.96. The molecule has 1 atom stereocenters. The molecule has 54 valence electrons. The minimum Gasteiger partial charge on any atom is -0.258 e. The fourth-order valence-electron chi connectivity index (χ4n) is 0.639. The van der Waals surface area contributed by atoms with Crippen molar-refractivity contribution >= 4 is 22.6 Å². The van der Waals surface area contributed by atoms with Gasteiger partial charge in [0.1, 0.15) is 6.17 Å². The van der Waals surface area contributed by atoms with Crippen molar-refractivity contribution in [2.45, 2.75) is 13.1 Å². The number of rotatable bonds is 1. The van der Waals surface area contributed by atoms with E-state index in [-0.39, 0.29) is 0 Å². The molecule has 0 saturated carbocycles. The number of hydrogen-bond donors (Lipinski definition) is 0. The summed E-state index contributed by atoms with van der Waals surface area (Å²) >= 11 is 2.13. The molecule has 0 aliphatic rings. The third-order valence-corrected chi connectivity index (χ3v) is 1.82. The summed E-state index contributed by atoms with van der Waals surface area (Å²) in [6, 6.07) is 3.58. The van der Waals surface area contributed by atoms with E-state index in [1.165, 1.54) is 6.92 Å². The molecule has 1 aromatic heterocycles. The van der Waals surface area contributed by atoms with Crippen LogP contribution in [0.5, 0.6) is 0 Å². The van der Waals surface area contributed by atoms with E-state index in [1.807, 2.05) is 6.07 Å². The maximum atomic E-state index is 12.5. The van der Waals surface area contributed by atoms with Gasteiger partial charge in [0.05, 0.1) is 5.69 Å². The molecule has 0 aliphatic carbocycles. The number of pyridine rings is 1. The van der Waals surface area contributed by atoms with Gasteiger partial charge in [0.15, 0.2) is 0 Å². The zero-order chi connectivity index (χ0) is 7.56. The Morgan fingerprint density at radius 2 is 2.40 bits per heavy atom. The first-order valence-corrected chi connectivity index (χ1v) is 4.03. The monoisotopic (exact) mass is 251 g/mol. The molecule has 1 aromatic rings. The van der Waals surface area contributed by atoms with E-state index in [2.05, 4.69) is 27.6 Å². The SMILES string of the molecule is CC(F)c1cc(I)ccn1. The van der Waals surface area contributed by atoms with Crippen molar-refractivity contribution in [3.63, 3.8) is 0 Å². The Morgan fingerprint density at radius 3 is 2.80 bits per heavy atom. The molecule has 0 radical (unpaired) electrons. The van der Waals surface area contributed by atoms with Crippen LogP contribution in [0.3, 0.4) is 0 Å². The van der Waals surface area contributed by atoms with Crippen LogP contribution in [-0.4, -0.2) is 4.98 Å². The maximum absolute atomic E-state index is 12.5. The first-order valence-electron chi connectivity index (χ1n) is 2.95. The standard InChI is InChI=1S/C7H7FIN/c1-5(8)7-4-6(9)2-3-10-7/h2-5H,1H3. The van der Waals surface area contributed by atoms with Gasteiger partial charge in [-0.2, -0.15) is 0 Å². The lowest BCUT2D eigenvalue weighted by Crippen LogP contribution is -1.89. The molecule has 3 heteroatoms. The highest BCUT2D eigenvalue weighted by Crippen LogP contribution is 2.15. The first-order chi connectivity index (χ1) is 4.70. The van der Waals surface area contributed by atoms with Crippen LogP contribution < -0.4 is 0 Å².